The van der Waals surface area contributed by atoms with Crippen LogP contribution in [0.2, 0.25) is 0 Å². The van der Waals surface area contributed by atoms with E-state index in [0.29, 0.717) is 5.92 Å². The van der Waals surface area contributed by atoms with E-state index < -0.39 is 0 Å². The normalized spacial score (nSPS) is 18.7. The number of aryl methyl sites for hydroxylation is 1. The van der Waals surface area contributed by atoms with Gasteiger partial charge in [0.2, 0.25) is 0 Å². The van der Waals surface area contributed by atoms with E-state index in [2.05, 4.69) is 59.7 Å². The van der Waals surface area contributed by atoms with Crippen molar-refractivity contribution in [2.24, 2.45) is 0 Å². The smallest absolute Gasteiger partial charge is 0.124 e. The molecule has 2 aromatic rings. The Bertz CT molecular complexity index is 687. The van der Waals surface area contributed by atoms with Gasteiger partial charge in [0.15, 0.2) is 0 Å². The third kappa shape index (κ3) is 3.41. The van der Waals surface area contributed by atoms with Crippen molar-refractivity contribution in [3.05, 3.63) is 53.6 Å². The summed E-state index contributed by atoms with van der Waals surface area (Å²) in [5.41, 5.74) is 5.04. The standard InChI is InChI=1S/C21H26N2O/c1-23-12-10-17(11-13-23)16-4-7-19(8-5-16)22-20-9-6-18-3-2-14-24-21(18)15-20/h4-9,15,17,22H,2-3,10-14H2,1H3. The predicted molar refractivity (Wildman–Crippen MR) is 99.5 cm³/mol. The fourth-order valence-electron chi connectivity index (χ4n) is 3.77. The van der Waals surface area contributed by atoms with Crippen molar-refractivity contribution in [3.63, 3.8) is 0 Å². The van der Waals surface area contributed by atoms with E-state index in [0.717, 1.165) is 36.6 Å². The first-order chi connectivity index (χ1) is 11.8. The maximum absolute atomic E-state index is 5.76. The second kappa shape index (κ2) is 6.86. The Hall–Kier alpha value is -2.00. The fourth-order valence-corrected chi connectivity index (χ4v) is 3.77. The summed E-state index contributed by atoms with van der Waals surface area (Å²) in [6.07, 6.45) is 4.79. The van der Waals surface area contributed by atoms with E-state index in [1.54, 1.807) is 0 Å². The van der Waals surface area contributed by atoms with Crippen LogP contribution in [0.3, 0.4) is 0 Å². The second-order valence-electron chi connectivity index (χ2n) is 7.10. The minimum absolute atomic E-state index is 0.715. The minimum atomic E-state index is 0.715. The van der Waals surface area contributed by atoms with Crippen LogP contribution in [-0.4, -0.2) is 31.6 Å². The highest BCUT2D eigenvalue weighted by Crippen LogP contribution is 2.31. The molecule has 0 amide bonds. The van der Waals surface area contributed by atoms with Crippen LogP contribution in [0.15, 0.2) is 42.5 Å². The van der Waals surface area contributed by atoms with Gasteiger partial charge in [0.05, 0.1) is 6.61 Å². The van der Waals surface area contributed by atoms with Gasteiger partial charge in [-0.3, -0.25) is 0 Å². The average Bonchev–Trinajstić information content (AvgIpc) is 2.63. The van der Waals surface area contributed by atoms with Crippen molar-refractivity contribution in [2.75, 3.05) is 32.1 Å². The topological polar surface area (TPSA) is 24.5 Å². The molecule has 1 saturated heterocycles. The largest absolute Gasteiger partial charge is 0.493 e. The van der Waals surface area contributed by atoms with Gasteiger partial charge in [0.25, 0.3) is 0 Å². The molecule has 3 heteroatoms. The summed E-state index contributed by atoms with van der Waals surface area (Å²) in [7, 11) is 2.21. The number of hydrogen-bond acceptors (Lipinski definition) is 3. The van der Waals surface area contributed by atoms with Gasteiger partial charge in [0.1, 0.15) is 5.75 Å². The van der Waals surface area contributed by atoms with Crippen LogP contribution in [-0.2, 0) is 6.42 Å². The molecule has 0 atom stereocenters. The highest BCUT2D eigenvalue weighted by molar-refractivity contribution is 5.62. The van der Waals surface area contributed by atoms with E-state index in [1.807, 2.05) is 0 Å². The van der Waals surface area contributed by atoms with Gasteiger partial charge < -0.3 is 15.0 Å². The Morgan fingerprint density at radius 2 is 1.75 bits per heavy atom. The van der Waals surface area contributed by atoms with Gasteiger partial charge in [-0.05, 0) is 81.1 Å². The summed E-state index contributed by atoms with van der Waals surface area (Å²) >= 11 is 0. The Labute approximate surface area is 144 Å². The van der Waals surface area contributed by atoms with Gasteiger partial charge in [-0.2, -0.15) is 0 Å². The molecule has 0 saturated carbocycles. The van der Waals surface area contributed by atoms with Crippen LogP contribution < -0.4 is 10.1 Å². The monoisotopic (exact) mass is 322 g/mol. The first-order valence-corrected chi connectivity index (χ1v) is 9.09. The Morgan fingerprint density at radius 3 is 2.54 bits per heavy atom. The van der Waals surface area contributed by atoms with Crippen molar-refractivity contribution in [1.82, 2.24) is 4.90 Å². The molecule has 0 radical (unpaired) electrons. The summed E-state index contributed by atoms with van der Waals surface area (Å²) in [5.74, 6) is 1.75. The number of nitrogens with one attached hydrogen (secondary N) is 1. The number of anilines is 2. The number of benzene rings is 2. The lowest BCUT2D eigenvalue weighted by Gasteiger charge is -2.29. The number of rotatable bonds is 3. The van der Waals surface area contributed by atoms with Crippen molar-refractivity contribution in [1.29, 1.82) is 0 Å². The molecule has 3 nitrogen and oxygen atoms in total. The Kier molecular flexibility index (Phi) is 4.44. The highest BCUT2D eigenvalue weighted by atomic mass is 16.5. The zero-order chi connectivity index (χ0) is 16.4. The summed E-state index contributed by atoms with van der Waals surface area (Å²) < 4.78 is 5.76. The fraction of sp³-hybridized carbons (Fsp3) is 0.429. The zero-order valence-electron chi connectivity index (χ0n) is 14.4. The van der Waals surface area contributed by atoms with E-state index in [1.165, 1.54) is 37.1 Å². The molecule has 2 aliphatic rings. The molecule has 4 rings (SSSR count). The van der Waals surface area contributed by atoms with Gasteiger partial charge in [-0.15, -0.1) is 0 Å². The maximum Gasteiger partial charge on any atom is 0.124 e. The summed E-state index contributed by atoms with van der Waals surface area (Å²) in [6, 6.07) is 15.4. The molecule has 126 valence electrons. The molecule has 2 heterocycles. The van der Waals surface area contributed by atoms with Crippen LogP contribution in [0.1, 0.15) is 36.3 Å². The van der Waals surface area contributed by atoms with Crippen LogP contribution in [0, 0.1) is 0 Å². The average molecular weight is 322 g/mol. The summed E-state index contributed by atoms with van der Waals surface area (Å²) in [5, 5.41) is 3.50. The molecule has 1 fully saturated rings. The molecule has 0 bridgehead atoms. The maximum atomic E-state index is 5.76. The van der Waals surface area contributed by atoms with Crippen molar-refractivity contribution >= 4 is 11.4 Å². The van der Waals surface area contributed by atoms with Crippen LogP contribution in [0.5, 0.6) is 5.75 Å². The molecule has 0 spiro atoms. The highest BCUT2D eigenvalue weighted by Gasteiger charge is 2.18. The Balaban J connectivity index is 1.43. The number of piperidine rings is 1. The van der Waals surface area contributed by atoms with E-state index in [4.69, 9.17) is 4.74 Å². The minimum Gasteiger partial charge on any atom is -0.493 e. The molecule has 0 aliphatic carbocycles. The van der Waals surface area contributed by atoms with E-state index in [-0.39, 0.29) is 0 Å². The van der Waals surface area contributed by atoms with Crippen LogP contribution >= 0.6 is 0 Å². The van der Waals surface area contributed by atoms with Crippen LogP contribution in [0.25, 0.3) is 0 Å². The van der Waals surface area contributed by atoms with Gasteiger partial charge in [-0.25, -0.2) is 0 Å². The third-order valence-electron chi connectivity index (χ3n) is 5.30. The van der Waals surface area contributed by atoms with Gasteiger partial charge >= 0.3 is 0 Å². The first-order valence-electron chi connectivity index (χ1n) is 9.09. The summed E-state index contributed by atoms with van der Waals surface area (Å²) in [6.45, 7) is 3.25. The molecule has 1 N–H and O–H groups in total. The quantitative estimate of drug-likeness (QED) is 0.896. The van der Waals surface area contributed by atoms with Crippen molar-refractivity contribution in [3.8, 4) is 5.75 Å². The first kappa shape index (κ1) is 15.5. The SMILES string of the molecule is CN1CCC(c2ccc(Nc3ccc4c(c3)OCCC4)cc2)CC1. The van der Waals surface area contributed by atoms with E-state index in [9.17, 15) is 0 Å². The van der Waals surface area contributed by atoms with Gasteiger partial charge in [-0.1, -0.05) is 18.2 Å². The second-order valence-corrected chi connectivity index (χ2v) is 7.10. The van der Waals surface area contributed by atoms with Gasteiger partial charge in [0, 0.05) is 17.4 Å². The van der Waals surface area contributed by atoms with Crippen molar-refractivity contribution < 1.29 is 4.74 Å². The molecule has 2 aromatic carbocycles. The molecular weight excluding hydrogens is 296 g/mol. The van der Waals surface area contributed by atoms with Crippen LogP contribution in [0.4, 0.5) is 11.4 Å². The number of hydrogen-bond donors (Lipinski definition) is 1. The van der Waals surface area contributed by atoms with E-state index >= 15 is 0 Å². The molecule has 24 heavy (non-hydrogen) atoms. The number of likely N-dealkylation sites (tertiary alicyclic amines) is 1. The Morgan fingerprint density at radius 1 is 1.00 bits per heavy atom. The lowest BCUT2D eigenvalue weighted by molar-refractivity contribution is 0.255. The lowest BCUT2D eigenvalue weighted by atomic mass is 9.89. The number of ether oxygens (including phenoxy) is 1. The molecule has 0 aromatic heterocycles. The van der Waals surface area contributed by atoms with Crippen molar-refractivity contribution in [2.45, 2.75) is 31.6 Å². The zero-order valence-corrected chi connectivity index (χ0v) is 14.4. The lowest BCUT2D eigenvalue weighted by Crippen LogP contribution is -2.29. The summed E-state index contributed by atoms with van der Waals surface area (Å²) in [4.78, 5) is 2.42. The molecular formula is C21H26N2O. The number of fused-ring (bicyclic) bond motifs is 1. The third-order valence-corrected chi connectivity index (χ3v) is 5.30. The predicted octanol–water partition coefficient (Wildman–Crippen LogP) is 4.56. The molecule has 0 unspecified atom stereocenters. The molecule has 2 aliphatic heterocycles. The number of nitrogens with zero attached hydrogens (tertiary/aromatic N) is 1.